The Hall–Kier alpha value is -2.52. The zero-order chi connectivity index (χ0) is 23.6. The highest BCUT2D eigenvalue weighted by atomic mass is 19.3. The molecule has 0 spiro atoms. The highest BCUT2D eigenvalue weighted by molar-refractivity contribution is 5.93. The maximum atomic E-state index is 14.9. The first kappa shape index (κ1) is 23.6. The van der Waals surface area contributed by atoms with Crippen LogP contribution in [0.4, 0.5) is 14.5 Å². The van der Waals surface area contributed by atoms with Gasteiger partial charge in [0.1, 0.15) is 11.7 Å². The van der Waals surface area contributed by atoms with Gasteiger partial charge in [-0.15, -0.1) is 0 Å². The summed E-state index contributed by atoms with van der Waals surface area (Å²) in [5.74, 6) is -2.85. The van der Waals surface area contributed by atoms with Crippen LogP contribution in [-0.4, -0.2) is 84.6 Å². The standard InChI is InChI=1S/C24H33F2N5O2/c1-16(14-30(2)3)12-21(32)31-9-7-24(25,26)20(15-31)29-19-4-8-27-23-22(19)18(13-28-23)17-5-10-33-11-6-17/h4,8,12-13,17,20H,5-7,9-11,14-15H2,1-3H3,(H2,27,28,29)/b16-12+/t20-/m0/s1. The molecule has 1 atom stereocenters. The second kappa shape index (κ2) is 9.77. The first-order valence-corrected chi connectivity index (χ1v) is 11.5. The molecule has 4 rings (SSSR count). The molecule has 180 valence electrons. The molecule has 0 bridgehead atoms. The first-order chi connectivity index (χ1) is 15.7. The van der Waals surface area contributed by atoms with Gasteiger partial charge in [0.2, 0.25) is 5.91 Å². The van der Waals surface area contributed by atoms with E-state index < -0.39 is 12.0 Å². The number of fused-ring (bicyclic) bond motifs is 1. The minimum absolute atomic E-state index is 0.0407. The van der Waals surface area contributed by atoms with E-state index in [4.69, 9.17) is 4.74 Å². The van der Waals surface area contributed by atoms with Crippen molar-refractivity contribution in [2.24, 2.45) is 0 Å². The molecule has 2 N–H and O–H groups in total. The molecule has 4 heterocycles. The van der Waals surface area contributed by atoms with E-state index in [0.29, 0.717) is 37.0 Å². The molecule has 2 aliphatic rings. The molecule has 0 unspecified atom stereocenters. The largest absolute Gasteiger partial charge is 0.381 e. The third-order valence-corrected chi connectivity index (χ3v) is 6.47. The van der Waals surface area contributed by atoms with Gasteiger partial charge in [0.05, 0.1) is 0 Å². The summed E-state index contributed by atoms with van der Waals surface area (Å²) in [6, 6.07) is 0.567. The number of hydrogen-bond acceptors (Lipinski definition) is 5. The predicted molar refractivity (Wildman–Crippen MR) is 125 cm³/mol. The van der Waals surface area contributed by atoms with Crippen molar-refractivity contribution >= 4 is 22.6 Å². The Morgan fingerprint density at radius 1 is 1.39 bits per heavy atom. The van der Waals surface area contributed by atoms with Crippen molar-refractivity contribution < 1.29 is 18.3 Å². The number of alkyl halides is 2. The average molecular weight is 462 g/mol. The lowest BCUT2D eigenvalue weighted by Gasteiger charge is -2.39. The zero-order valence-corrected chi connectivity index (χ0v) is 19.5. The number of pyridine rings is 1. The molecule has 2 aromatic heterocycles. The quantitative estimate of drug-likeness (QED) is 0.643. The van der Waals surface area contributed by atoms with Gasteiger partial charge in [0, 0.05) is 68.8 Å². The Balaban J connectivity index is 1.56. The number of likely N-dealkylation sites (tertiary alicyclic amines) is 1. The molecule has 0 aromatic carbocycles. The average Bonchev–Trinajstić information content (AvgIpc) is 3.20. The molecule has 2 aromatic rings. The number of likely N-dealkylation sites (N-methyl/N-ethyl adjacent to an activating group) is 1. The Labute approximate surface area is 193 Å². The van der Waals surface area contributed by atoms with Crippen LogP contribution in [0.2, 0.25) is 0 Å². The molecule has 7 nitrogen and oxygen atoms in total. The number of aromatic nitrogens is 2. The van der Waals surface area contributed by atoms with Gasteiger partial charge < -0.3 is 24.8 Å². The van der Waals surface area contributed by atoms with E-state index >= 15 is 0 Å². The fourth-order valence-corrected chi connectivity index (χ4v) is 4.82. The van der Waals surface area contributed by atoms with Crippen LogP contribution in [0.3, 0.4) is 0 Å². The number of carbonyl (C=O) groups excluding carboxylic acids is 1. The number of ether oxygens (including phenoxy) is 1. The van der Waals surface area contributed by atoms with Gasteiger partial charge in [0.25, 0.3) is 5.92 Å². The van der Waals surface area contributed by atoms with Gasteiger partial charge in [-0.05, 0) is 51.4 Å². The van der Waals surface area contributed by atoms with Crippen LogP contribution in [0.25, 0.3) is 11.0 Å². The fraction of sp³-hybridized carbons (Fsp3) is 0.583. The van der Waals surface area contributed by atoms with E-state index in [1.54, 1.807) is 18.3 Å². The number of nitrogens with one attached hydrogen (secondary N) is 2. The Morgan fingerprint density at radius 2 is 2.15 bits per heavy atom. The van der Waals surface area contributed by atoms with Crippen molar-refractivity contribution in [2.75, 3.05) is 52.3 Å². The molecule has 9 heteroatoms. The summed E-state index contributed by atoms with van der Waals surface area (Å²) in [5.41, 5.74) is 3.28. The van der Waals surface area contributed by atoms with E-state index in [1.807, 2.05) is 32.1 Å². The Kier molecular flexibility index (Phi) is 6.99. The van der Waals surface area contributed by atoms with Crippen LogP contribution < -0.4 is 5.32 Å². The summed E-state index contributed by atoms with van der Waals surface area (Å²) in [4.78, 5) is 23.8. The third-order valence-electron chi connectivity index (χ3n) is 6.47. The zero-order valence-electron chi connectivity index (χ0n) is 19.5. The first-order valence-electron chi connectivity index (χ1n) is 11.5. The molecule has 33 heavy (non-hydrogen) atoms. The summed E-state index contributed by atoms with van der Waals surface area (Å²) in [6.07, 6.45) is 6.52. The Bertz CT molecular complexity index is 1010. The number of hydrogen-bond donors (Lipinski definition) is 2. The fourth-order valence-electron chi connectivity index (χ4n) is 4.82. The van der Waals surface area contributed by atoms with Crippen molar-refractivity contribution in [2.45, 2.75) is 44.1 Å². The van der Waals surface area contributed by atoms with Crippen molar-refractivity contribution in [3.8, 4) is 0 Å². The molecule has 0 aliphatic carbocycles. The summed E-state index contributed by atoms with van der Waals surface area (Å²) < 4.78 is 35.4. The lowest BCUT2D eigenvalue weighted by Crippen LogP contribution is -2.55. The van der Waals surface area contributed by atoms with Gasteiger partial charge in [-0.2, -0.15) is 0 Å². The lowest BCUT2D eigenvalue weighted by molar-refractivity contribution is -0.133. The number of aromatic amines is 1. The minimum Gasteiger partial charge on any atom is -0.381 e. The van der Waals surface area contributed by atoms with Gasteiger partial charge in [-0.1, -0.05) is 5.57 Å². The van der Waals surface area contributed by atoms with Crippen LogP contribution in [0.1, 0.15) is 37.7 Å². The van der Waals surface area contributed by atoms with Crippen molar-refractivity contribution in [3.63, 3.8) is 0 Å². The molecule has 2 aliphatic heterocycles. The predicted octanol–water partition coefficient (Wildman–Crippen LogP) is 3.61. The SMILES string of the molecule is C/C(=C\C(=O)N1CCC(F)(F)[C@@H](Nc2ccnc3[nH]cc(C4CCOCC4)c23)C1)CN(C)C. The summed E-state index contributed by atoms with van der Waals surface area (Å²) in [7, 11) is 3.85. The van der Waals surface area contributed by atoms with Crippen LogP contribution >= 0.6 is 0 Å². The highest BCUT2D eigenvalue weighted by Gasteiger charge is 2.45. The number of nitrogens with zero attached hydrogens (tertiary/aromatic N) is 3. The van der Waals surface area contributed by atoms with Crippen LogP contribution in [0.5, 0.6) is 0 Å². The van der Waals surface area contributed by atoms with E-state index in [-0.39, 0.29) is 25.4 Å². The second-order valence-corrected chi connectivity index (χ2v) is 9.43. The normalized spacial score (nSPS) is 22.2. The Morgan fingerprint density at radius 3 is 2.88 bits per heavy atom. The van der Waals surface area contributed by atoms with Gasteiger partial charge in [-0.3, -0.25) is 4.79 Å². The van der Waals surface area contributed by atoms with Gasteiger partial charge in [0.15, 0.2) is 0 Å². The number of amides is 1. The van der Waals surface area contributed by atoms with Crippen LogP contribution in [-0.2, 0) is 9.53 Å². The van der Waals surface area contributed by atoms with Gasteiger partial charge in [-0.25, -0.2) is 13.8 Å². The second-order valence-electron chi connectivity index (χ2n) is 9.43. The monoisotopic (exact) mass is 461 g/mol. The van der Waals surface area contributed by atoms with Crippen molar-refractivity contribution in [1.29, 1.82) is 0 Å². The lowest BCUT2D eigenvalue weighted by atomic mass is 9.91. The van der Waals surface area contributed by atoms with E-state index in [0.717, 1.165) is 29.4 Å². The molecular weight excluding hydrogens is 428 g/mol. The summed E-state index contributed by atoms with van der Waals surface area (Å²) >= 11 is 0. The highest BCUT2D eigenvalue weighted by Crippen LogP contribution is 2.37. The maximum absolute atomic E-state index is 14.9. The van der Waals surface area contributed by atoms with E-state index in [2.05, 4.69) is 15.3 Å². The number of halogens is 2. The number of carbonyl (C=O) groups is 1. The van der Waals surface area contributed by atoms with E-state index in [1.165, 1.54) is 4.90 Å². The molecule has 0 radical (unpaired) electrons. The number of rotatable bonds is 6. The van der Waals surface area contributed by atoms with Crippen molar-refractivity contribution in [3.05, 3.63) is 35.7 Å². The topological polar surface area (TPSA) is 73.5 Å². The van der Waals surface area contributed by atoms with Crippen LogP contribution in [0, 0.1) is 0 Å². The summed E-state index contributed by atoms with van der Waals surface area (Å²) in [6.45, 7) is 3.90. The minimum atomic E-state index is -2.93. The number of H-pyrrole nitrogens is 1. The summed E-state index contributed by atoms with van der Waals surface area (Å²) in [5, 5.41) is 3.94. The molecule has 1 amide bonds. The van der Waals surface area contributed by atoms with E-state index in [9.17, 15) is 13.6 Å². The van der Waals surface area contributed by atoms with Crippen LogP contribution in [0.15, 0.2) is 30.1 Å². The number of piperidine rings is 1. The molecule has 0 saturated carbocycles. The maximum Gasteiger partial charge on any atom is 0.271 e. The van der Waals surface area contributed by atoms with Gasteiger partial charge >= 0.3 is 0 Å². The van der Waals surface area contributed by atoms with Crippen molar-refractivity contribution in [1.82, 2.24) is 19.8 Å². The molecular formula is C24H33F2N5O2. The third kappa shape index (κ3) is 5.35. The molecule has 2 fully saturated rings. The number of anilines is 1. The smallest absolute Gasteiger partial charge is 0.271 e. The molecule has 2 saturated heterocycles.